The highest BCUT2D eigenvalue weighted by Gasteiger charge is 2.27. The maximum absolute atomic E-state index is 13.6. The van der Waals surface area contributed by atoms with Crippen molar-refractivity contribution in [3.63, 3.8) is 0 Å². The number of nitrogens with zero attached hydrogens (tertiary/aromatic N) is 3. The van der Waals surface area contributed by atoms with E-state index in [1.165, 1.54) is 25.7 Å². The second-order valence-corrected chi connectivity index (χ2v) is 9.80. The summed E-state index contributed by atoms with van der Waals surface area (Å²) in [6.07, 6.45) is 11.1. The highest BCUT2D eigenvalue weighted by molar-refractivity contribution is 5.88. The number of hydrogen-bond acceptors (Lipinski definition) is 4. The molecule has 0 aliphatic heterocycles. The van der Waals surface area contributed by atoms with Crippen LogP contribution in [0.15, 0.2) is 47.4 Å². The Hall–Kier alpha value is -3.13. The maximum Gasteiger partial charge on any atom is 0.269 e. The molecule has 0 spiro atoms. The highest BCUT2D eigenvalue weighted by Crippen LogP contribution is 2.39. The summed E-state index contributed by atoms with van der Waals surface area (Å²) < 4.78 is 1.90. The SMILES string of the molecule is CC(Nc1ccc2c(C3CCCC3)c(C#N)c(=O)n(CC3CCCC3)c2c1)c1ccccn1. The van der Waals surface area contributed by atoms with Crippen LogP contribution in [-0.4, -0.2) is 9.55 Å². The average molecular weight is 441 g/mol. The molecule has 2 heterocycles. The number of benzene rings is 1. The van der Waals surface area contributed by atoms with Crippen molar-refractivity contribution in [3.05, 3.63) is 69.8 Å². The number of anilines is 1. The third kappa shape index (κ3) is 4.27. The van der Waals surface area contributed by atoms with E-state index in [2.05, 4.69) is 41.5 Å². The van der Waals surface area contributed by atoms with Crippen molar-refractivity contribution in [1.82, 2.24) is 9.55 Å². The van der Waals surface area contributed by atoms with Gasteiger partial charge in [-0.2, -0.15) is 5.26 Å². The van der Waals surface area contributed by atoms with Crippen LogP contribution in [0.25, 0.3) is 10.9 Å². The van der Waals surface area contributed by atoms with E-state index in [1.807, 2.05) is 29.0 Å². The zero-order chi connectivity index (χ0) is 22.8. The van der Waals surface area contributed by atoms with E-state index in [0.717, 1.165) is 53.5 Å². The lowest BCUT2D eigenvalue weighted by atomic mass is 9.90. The molecule has 1 N–H and O–H groups in total. The molecule has 2 aromatic heterocycles. The van der Waals surface area contributed by atoms with Crippen molar-refractivity contribution in [1.29, 1.82) is 5.26 Å². The van der Waals surface area contributed by atoms with Crippen LogP contribution in [0.2, 0.25) is 0 Å². The summed E-state index contributed by atoms with van der Waals surface area (Å²) in [6.45, 7) is 2.80. The maximum atomic E-state index is 13.6. The number of nitrogens with one attached hydrogen (secondary N) is 1. The second kappa shape index (κ2) is 9.39. The molecule has 5 heteroatoms. The van der Waals surface area contributed by atoms with Crippen LogP contribution in [0, 0.1) is 17.2 Å². The van der Waals surface area contributed by atoms with Gasteiger partial charge in [0.25, 0.3) is 5.56 Å². The summed E-state index contributed by atoms with van der Waals surface area (Å²) in [5, 5.41) is 14.7. The van der Waals surface area contributed by atoms with Crippen LogP contribution in [0.5, 0.6) is 0 Å². The third-order valence-electron chi connectivity index (χ3n) is 7.61. The fourth-order valence-corrected chi connectivity index (χ4v) is 5.90. The first-order valence-electron chi connectivity index (χ1n) is 12.4. The predicted octanol–water partition coefficient (Wildman–Crippen LogP) is 6.29. The molecule has 3 aromatic rings. The minimum Gasteiger partial charge on any atom is -0.377 e. The van der Waals surface area contributed by atoms with Gasteiger partial charge in [-0.1, -0.05) is 37.8 Å². The normalized spacial score (nSPS) is 17.9. The van der Waals surface area contributed by atoms with Crippen molar-refractivity contribution >= 4 is 16.6 Å². The molecule has 0 radical (unpaired) electrons. The second-order valence-electron chi connectivity index (χ2n) is 9.80. The molecule has 1 aromatic carbocycles. The summed E-state index contributed by atoms with van der Waals surface area (Å²) in [7, 11) is 0. The van der Waals surface area contributed by atoms with Gasteiger partial charge in [0.1, 0.15) is 11.6 Å². The Kier molecular flexibility index (Phi) is 6.17. The van der Waals surface area contributed by atoms with Gasteiger partial charge < -0.3 is 9.88 Å². The van der Waals surface area contributed by atoms with Crippen molar-refractivity contribution in [2.45, 2.75) is 76.8 Å². The van der Waals surface area contributed by atoms with Crippen LogP contribution in [0.4, 0.5) is 5.69 Å². The van der Waals surface area contributed by atoms with E-state index in [0.29, 0.717) is 23.9 Å². The van der Waals surface area contributed by atoms with Crippen molar-refractivity contribution in [2.24, 2.45) is 5.92 Å². The van der Waals surface area contributed by atoms with Crippen LogP contribution in [-0.2, 0) is 6.54 Å². The first-order chi connectivity index (χ1) is 16.2. The zero-order valence-electron chi connectivity index (χ0n) is 19.4. The standard InChI is InChI=1S/C28H32N4O/c1-19(25-12-6-7-15-30-25)31-22-13-14-23-26(16-22)32(18-20-8-2-3-9-20)28(33)24(17-29)27(23)21-10-4-5-11-21/h6-7,12-16,19-21,31H,2-5,8-11,18H2,1H3. The predicted molar refractivity (Wildman–Crippen MR) is 132 cm³/mol. The molecule has 0 amide bonds. The van der Waals surface area contributed by atoms with Crippen LogP contribution >= 0.6 is 0 Å². The number of hydrogen-bond donors (Lipinski definition) is 1. The summed E-state index contributed by atoms with van der Waals surface area (Å²) in [6, 6.07) is 14.6. The Morgan fingerprint density at radius 3 is 2.58 bits per heavy atom. The van der Waals surface area contributed by atoms with Crippen molar-refractivity contribution < 1.29 is 0 Å². The van der Waals surface area contributed by atoms with E-state index in [9.17, 15) is 10.1 Å². The first-order valence-corrected chi connectivity index (χ1v) is 12.4. The lowest BCUT2D eigenvalue weighted by Crippen LogP contribution is -2.28. The van der Waals surface area contributed by atoms with E-state index in [1.54, 1.807) is 0 Å². The van der Waals surface area contributed by atoms with Gasteiger partial charge in [-0.15, -0.1) is 0 Å². The van der Waals surface area contributed by atoms with Crippen LogP contribution in [0.3, 0.4) is 0 Å². The molecule has 2 aliphatic rings. The molecular weight excluding hydrogens is 408 g/mol. The fraction of sp³-hybridized carbons (Fsp3) is 0.464. The summed E-state index contributed by atoms with van der Waals surface area (Å²) in [5.41, 5.74) is 4.17. The minimum absolute atomic E-state index is 0.0475. The molecule has 33 heavy (non-hydrogen) atoms. The van der Waals surface area contributed by atoms with Gasteiger partial charge >= 0.3 is 0 Å². The Labute approximate surface area is 195 Å². The summed E-state index contributed by atoms with van der Waals surface area (Å²) in [4.78, 5) is 18.1. The largest absolute Gasteiger partial charge is 0.377 e. The number of rotatable bonds is 6. The molecule has 0 saturated heterocycles. The van der Waals surface area contributed by atoms with Gasteiger partial charge in [-0.25, -0.2) is 0 Å². The smallest absolute Gasteiger partial charge is 0.269 e. The third-order valence-corrected chi connectivity index (χ3v) is 7.61. The van der Waals surface area contributed by atoms with Gasteiger partial charge in [0, 0.05) is 23.8 Å². The number of nitriles is 1. The highest BCUT2D eigenvalue weighted by atomic mass is 16.1. The Morgan fingerprint density at radius 2 is 1.88 bits per heavy atom. The van der Waals surface area contributed by atoms with E-state index in [4.69, 9.17) is 0 Å². The zero-order valence-corrected chi connectivity index (χ0v) is 19.4. The molecule has 5 nitrogen and oxygen atoms in total. The topological polar surface area (TPSA) is 70.7 Å². The minimum atomic E-state index is -0.103. The Balaban J connectivity index is 1.63. The lowest BCUT2D eigenvalue weighted by molar-refractivity contribution is 0.457. The number of pyridine rings is 2. The summed E-state index contributed by atoms with van der Waals surface area (Å²) >= 11 is 0. The van der Waals surface area contributed by atoms with Gasteiger partial charge in [-0.3, -0.25) is 9.78 Å². The molecule has 2 aliphatic carbocycles. The summed E-state index contributed by atoms with van der Waals surface area (Å²) in [5.74, 6) is 0.820. The molecule has 2 fully saturated rings. The van der Waals surface area contributed by atoms with Gasteiger partial charge in [0.05, 0.1) is 17.3 Å². The fourth-order valence-electron chi connectivity index (χ4n) is 5.90. The molecule has 1 unspecified atom stereocenters. The van der Waals surface area contributed by atoms with Gasteiger partial charge in [-0.05, 0) is 74.3 Å². The van der Waals surface area contributed by atoms with Crippen LogP contribution < -0.4 is 10.9 Å². The first kappa shape index (κ1) is 21.7. The Bertz CT molecular complexity index is 1230. The van der Waals surface area contributed by atoms with Crippen molar-refractivity contribution in [2.75, 3.05) is 5.32 Å². The molecule has 2 saturated carbocycles. The van der Waals surface area contributed by atoms with E-state index >= 15 is 0 Å². The number of aromatic nitrogens is 2. The van der Waals surface area contributed by atoms with E-state index < -0.39 is 0 Å². The lowest BCUT2D eigenvalue weighted by Gasteiger charge is -2.22. The average Bonchev–Trinajstić information content (AvgIpc) is 3.55. The quantitative estimate of drug-likeness (QED) is 0.489. The van der Waals surface area contributed by atoms with Crippen LogP contribution in [0.1, 0.15) is 87.1 Å². The monoisotopic (exact) mass is 440 g/mol. The molecule has 170 valence electrons. The van der Waals surface area contributed by atoms with E-state index in [-0.39, 0.29) is 11.6 Å². The Morgan fingerprint density at radius 1 is 1.12 bits per heavy atom. The van der Waals surface area contributed by atoms with Gasteiger partial charge in [0.15, 0.2) is 0 Å². The molecule has 0 bridgehead atoms. The van der Waals surface area contributed by atoms with Gasteiger partial charge in [0.2, 0.25) is 0 Å². The molecule has 1 atom stereocenters. The molecule has 5 rings (SSSR count). The van der Waals surface area contributed by atoms with Crippen molar-refractivity contribution in [3.8, 4) is 6.07 Å². The molecular formula is C28H32N4O. The number of fused-ring (bicyclic) bond motifs is 1.